The van der Waals surface area contributed by atoms with Crippen molar-refractivity contribution in [3.05, 3.63) is 35.4 Å². The summed E-state index contributed by atoms with van der Waals surface area (Å²) in [6, 6.07) is 8.56. The Morgan fingerprint density at radius 1 is 1.35 bits per heavy atom. The Bertz CT molecular complexity index is 372. The molecule has 17 heavy (non-hydrogen) atoms. The van der Waals surface area contributed by atoms with Gasteiger partial charge in [0.15, 0.2) is 0 Å². The van der Waals surface area contributed by atoms with Gasteiger partial charge < -0.3 is 5.11 Å². The van der Waals surface area contributed by atoms with Gasteiger partial charge in [0.05, 0.1) is 5.60 Å². The predicted octanol–water partition coefficient (Wildman–Crippen LogP) is 3.87. The molecule has 1 nitrogen and oxygen atoms in total. The molecule has 0 bridgehead atoms. The minimum atomic E-state index is -0.458. The fraction of sp³-hybridized carbons (Fsp3) is 0.625. The van der Waals surface area contributed by atoms with E-state index in [0.29, 0.717) is 5.92 Å². The molecule has 0 spiro atoms. The molecule has 0 amide bonds. The van der Waals surface area contributed by atoms with Gasteiger partial charge in [-0.25, -0.2) is 0 Å². The van der Waals surface area contributed by atoms with Crippen molar-refractivity contribution in [1.29, 1.82) is 0 Å². The van der Waals surface area contributed by atoms with Crippen LogP contribution in [0, 0.1) is 12.8 Å². The monoisotopic (exact) mass is 232 g/mol. The Morgan fingerprint density at radius 3 is 2.88 bits per heavy atom. The van der Waals surface area contributed by atoms with Crippen LogP contribution in [-0.4, -0.2) is 10.7 Å². The second kappa shape index (κ2) is 5.22. The molecule has 1 aromatic rings. The average molecular weight is 232 g/mol. The van der Waals surface area contributed by atoms with E-state index in [0.717, 1.165) is 19.3 Å². The van der Waals surface area contributed by atoms with Gasteiger partial charge in [-0.2, -0.15) is 0 Å². The van der Waals surface area contributed by atoms with Crippen LogP contribution < -0.4 is 0 Å². The van der Waals surface area contributed by atoms with Gasteiger partial charge in [0, 0.05) is 6.42 Å². The maximum atomic E-state index is 10.9. The van der Waals surface area contributed by atoms with Crippen LogP contribution in [0.25, 0.3) is 0 Å². The van der Waals surface area contributed by atoms with Crippen LogP contribution >= 0.6 is 0 Å². The fourth-order valence-corrected chi connectivity index (χ4v) is 3.29. The lowest BCUT2D eigenvalue weighted by Gasteiger charge is -2.40. The lowest BCUT2D eigenvalue weighted by Crippen LogP contribution is -2.42. The van der Waals surface area contributed by atoms with E-state index in [9.17, 15) is 5.11 Å². The van der Waals surface area contributed by atoms with E-state index in [1.54, 1.807) is 0 Å². The topological polar surface area (TPSA) is 20.2 Å². The summed E-state index contributed by atoms with van der Waals surface area (Å²) in [5.41, 5.74) is 2.11. The number of hydrogen-bond acceptors (Lipinski definition) is 1. The Labute approximate surface area is 105 Å². The van der Waals surface area contributed by atoms with Gasteiger partial charge in [-0.1, -0.05) is 56.0 Å². The van der Waals surface area contributed by atoms with Crippen molar-refractivity contribution in [2.45, 2.75) is 58.0 Å². The summed E-state index contributed by atoms with van der Waals surface area (Å²) in [7, 11) is 0. The van der Waals surface area contributed by atoms with Gasteiger partial charge in [0.1, 0.15) is 0 Å². The molecule has 1 aliphatic rings. The largest absolute Gasteiger partial charge is 0.389 e. The third-order valence-corrected chi connectivity index (χ3v) is 4.26. The smallest absolute Gasteiger partial charge is 0.0715 e. The zero-order valence-corrected chi connectivity index (χ0v) is 11.1. The summed E-state index contributed by atoms with van der Waals surface area (Å²) in [6.45, 7) is 4.32. The van der Waals surface area contributed by atoms with E-state index in [2.05, 4.69) is 38.1 Å². The number of benzene rings is 1. The predicted molar refractivity (Wildman–Crippen MR) is 72.1 cm³/mol. The van der Waals surface area contributed by atoms with Crippen LogP contribution in [0.4, 0.5) is 0 Å². The highest BCUT2D eigenvalue weighted by molar-refractivity contribution is 5.24. The Hall–Kier alpha value is -0.820. The van der Waals surface area contributed by atoms with E-state index in [-0.39, 0.29) is 0 Å². The molecule has 2 unspecified atom stereocenters. The van der Waals surface area contributed by atoms with Crippen molar-refractivity contribution < 1.29 is 5.11 Å². The molecule has 1 aliphatic carbocycles. The first-order valence-electron chi connectivity index (χ1n) is 6.92. The molecule has 0 saturated heterocycles. The average Bonchev–Trinajstić information content (AvgIpc) is 2.29. The molecule has 0 aromatic heterocycles. The van der Waals surface area contributed by atoms with Gasteiger partial charge in [0.2, 0.25) is 0 Å². The first kappa shape index (κ1) is 12.6. The molecule has 0 radical (unpaired) electrons. The molecule has 2 atom stereocenters. The van der Waals surface area contributed by atoms with Crippen LogP contribution in [0.2, 0.25) is 0 Å². The number of hydrogen-bond donors (Lipinski definition) is 1. The summed E-state index contributed by atoms with van der Waals surface area (Å²) >= 11 is 0. The van der Waals surface area contributed by atoms with E-state index >= 15 is 0 Å². The maximum Gasteiger partial charge on any atom is 0.0715 e. The minimum absolute atomic E-state index is 0.458. The van der Waals surface area contributed by atoms with Crippen molar-refractivity contribution in [2.75, 3.05) is 0 Å². The third kappa shape index (κ3) is 2.90. The molecule has 1 N–H and O–H groups in total. The third-order valence-electron chi connectivity index (χ3n) is 4.26. The standard InChI is InChI=1S/C16H24O/c1-3-15-9-4-5-10-16(15,17)12-14-8-6-7-13(2)11-14/h6-8,11,15,17H,3-5,9-10,12H2,1-2H3. The summed E-state index contributed by atoms with van der Waals surface area (Å²) in [5, 5.41) is 10.9. The van der Waals surface area contributed by atoms with Crippen molar-refractivity contribution in [2.24, 2.45) is 5.92 Å². The second-order valence-electron chi connectivity index (χ2n) is 5.62. The van der Waals surface area contributed by atoms with Crippen molar-refractivity contribution in [3.63, 3.8) is 0 Å². The molecular formula is C16H24O. The molecule has 94 valence electrons. The van der Waals surface area contributed by atoms with Gasteiger partial charge in [-0.15, -0.1) is 0 Å². The number of rotatable bonds is 3. The summed E-state index contributed by atoms with van der Waals surface area (Å²) in [5.74, 6) is 0.483. The molecule has 2 rings (SSSR count). The lowest BCUT2D eigenvalue weighted by atomic mass is 9.71. The zero-order valence-electron chi connectivity index (χ0n) is 11.1. The SMILES string of the molecule is CCC1CCCCC1(O)Cc1cccc(C)c1. The second-order valence-corrected chi connectivity index (χ2v) is 5.62. The highest BCUT2D eigenvalue weighted by atomic mass is 16.3. The molecule has 1 aromatic carbocycles. The van der Waals surface area contributed by atoms with Crippen LogP contribution in [0.15, 0.2) is 24.3 Å². The maximum absolute atomic E-state index is 10.9. The molecule has 0 aliphatic heterocycles. The first-order valence-corrected chi connectivity index (χ1v) is 6.92. The van der Waals surface area contributed by atoms with Crippen LogP contribution in [0.3, 0.4) is 0 Å². The highest BCUT2D eigenvalue weighted by Crippen LogP contribution is 2.38. The van der Waals surface area contributed by atoms with Crippen LogP contribution in [0.1, 0.15) is 50.2 Å². The van der Waals surface area contributed by atoms with E-state index < -0.39 is 5.60 Å². The number of aliphatic hydroxyl groups is 1. The van der Waals surface area contributed by atoms with Crippen molar-refractivity contribution >= 4 is 0 Å². The fourth-order valence-electron chi connectivity index (χ4n) is 3.29. The first-order chi connectivity index (χ1) is 8.14. The van der Waals surface area contributed by atoms with Gasteiger partial charge >= 0.3 is 0 Å². The van der Waals surface area contributed by atoms with Gasteiger partial charge in [0.25, 0.3) is 0 Å². The molecule has 1 saturated carbocycles. The van der Waals surface area contributed by atoms with E-state index in [1.165, 1.54) is 30.4 Å². The normalized spacial score (nSPS) is 29.2. The summed E-state index contributed by atoms with van der Waals surface area (Å²) < 4.78 is 0. The quantitative estimate of drug-likeness (QED) is 0.838. The van der Waals surface area contributed by atoms with Crippen LogP contribution in [0.5, 0.6) is 0 Å². The summed E-state index contributed by atoms with van der Waals surface area (Å²) in [4.78, 5) is 0. The molecule has 1 heteroatoms. The number of aryl methyl sites for hydroxylation is 1. The molecule has 1 fully saturated rings. The highest BCUT2D eigenvalue weighted by Gasteiger charge is 2.37. The van der Waals surface area contributed by atoms with Crippen molar-refractivity contribution in [3.8, 4) is 0 Å². The summed E-state index contributed by atoms with van der Waals surface area (Å²) in [6.07, 6.45) is 6.56. The Kier molecular flexibility index (Phi) is 3.88. The zero-order chi connectivity index (χ0) is 12.3. The lowest BCUT2D eigenvalue weighted by molar-refractivity contribution is -0.0491. The van der Waals surface area contributed by atoms with E-state index in [4.69, 9.17) is 0 Å². The van der Waals surface area contributed by atoms with Crippen molar-refractivity contribution in [1.82, 2.24) is 0 Å². The Balaban J connectivity index is 2.14. The van der Waals surface area contributed by atoms with Crippen LogP contribution in [-0.2, 0) is 6.42 Å². The van der Waals surface area contributed by atoms with Gasteiger partial charge in [-0.05, 0) is 31.2 Å². The molecule has 0 heterocycles. The van der Waals surface area contributed by atoms with Gasteiger partial charge in [-0.3, -0.25) is 0 Å². The minimum Gasteiger partial charge on any atom is -0.389 e. The molecular weight excluding hydrogens is 208 g/mol. The van der Waals surface area contributed by atoms with E-state index in [1.807, 2.05) is 0 Å². The Morgan fingerprint density at radius 2 is 2.18 bits per heavy atom.